The lowest BCUT2D eigenvalue weighted by atomic mass is 10.2. The predicted molar refractivity (Wildman–Crippen MR) is 112 cm³/mol. The Hall–Kier alpha value is -1.68. The SMILES string of the molecule is Br.Cc1cnc(N2CCN(C(N)Cc3nc4ccc(F)cc4s3)CC2)nc1. The molecule has 0 bridgehead atoms. The van der Waals surface area contributed by atoms with Crippen LogP contribution in [0.1, 0.15) is 10.6 Å². The minimum atomic E-state index is -0.230. The molecule has 2 aromatic heterocycles. The van der Waals surface area contributed by atoms with E-state index in [9.17, 15) is 4.39 Å². The smallest absolute Gasteiger partial charge is 0.225 e. The van der Waals surface area contributed by atoms with Crippen LogP contribution in [-0.4, -0.2) is 52.2 Å². The molecule has 0 aliphatic carbocycles. The molecule has 0 amide bonds. The Morgan fingerprint density at radius 2 is 1.89 bits per heavy atom. The topological polar surface area (TPSA) is 71.2 Å². The second-order valence-electron chi connectivity index (χ2n) is 6.57. The standard InChI is InChI=1S/C18H21FN6S.BrH/c1-12-10-21-18(22-11-12)25-6-4-24(5-7-25)16(20)9-17-23-14-3-2-13(19)8-15(14)26-17;/h2-3,8,10-11,16H,4-7,9,20H2,1H3;1H. The van der Waals surface area contributed by atoms with E-state index in [0.29, 0.717) is 6.42 Å². The molecular weight excluding hydrogens is 431 g/mol. The largest absolute Gasteiger partial charge is 0.338 e. The molecule has 0 saturated carbocycles. The summed E-state index contributed by atoms with van der Waals surface area (Å²) in [6.07, 6.45) is 4.26. The van der Waals surface area contributed by atoms with Crippen molar-refractivity contribution in [2.24, 2.45) is 5.73 Å². The molecule has 3 aromatic rings. The highest BCUT2D eigenvalue weighted by Gasteiger charge is 2.23. The number of aryl methyl sites for hydroxylation is 1. The van der Waals surface area contributed by atoms with Gasteiger partial charge in [0, 0.05) is 45.0 Å². The van der Waals surface area contributed by atoms with Gasteiger partial charge in [-0.25, -0.2) is 19.3 Å². The average Bonchev–Trinajstić information content (AvgIpc) is 3.03. The highest BCUT2D eigenvalue weighted by atomic mass is 79.9. The summed E-state index contributed by atoms with van der Waals surface area (Å²) in [5.41, 5.74) is 8.30. The molecular formula is C18H22BrFN6S. The van der Waals surface area contributed by atoms with Crippen LogP contribution in [0.3, 0.4) is 0 Å². The van der Waals surface area contributed by atoms with Crippen LogP contribution in [0.4, 0.5) is 10.3 Å². The number of fused-ring (bicyclic) bond motifs is 1. The second kappa shape index (κ2) is 8.55. The van der Waals surface area contributed by atoms with Crippen molar-refractivity contribution in [3.63, 3.8) is 0 Å². The number of piperazine rings is 1. The third-order valence-electron chi connectivity index (χ3n) is 4.61. The lowest BCUT2D eigenvalue weighted by molar-refractivity contribution is 0.186. The maximum atomic E-state index is 13.3. The number of rotatable bonds is 4. The number of hydrogen-bond donors (Lipinski definition) is 1. The Balaban J connectivity index is 0.00000210. The van der Waals surface area contributed by atoms with E-state index in [2.05, 4.69) is 24.8 Å². The maximum absolute atomic E-state index is 13.3. The van der Waals surface area contributed by atoms with Crippen molar-refractivity contribution in [2.75, 3.05) is 31.1 Å². The maximum Gasteiger partial charge on any atom is 0.225 e. The fourth-order valence-corrected chi connectivity index (χ4v) is 4.19. The van der Waals surface area contributed by atoms with Crippen LogP contribution in [0.25, 0.3) is 10.2 Å². The van der Waals surface area contributed by atoms with E-state index in [1.807, 2.05) is 19.3 Å². The van der Waals surface area contributed by atoms with Gasteiger partial charge >= 0.3 is 0 Å². The molecule has 1 atom stereocenters. The van der Waals surface area contributed by atoms with Gasteiger partial charge in [0.1, 0.15) is 5.82 Å². The number of hydrogen-bond acceptors (Lipinski definition) is 7. The quantitative estimate of drug-likeness (QED) is 0.655. The molecule has 4 rings (SSSR count). The number of anilines is 1. The first-order valence-electron chi connectivity index (χ1n) is 8.67. The van der Waals surface area contributed by atoms with Crippen molar-refractivity contribution in [2.45, 2.75) is 19.5 Å². The van der Waals surface area contributed by atoms with Crippen LogP contribution in [0, 0.1) is 12.7 Å². The van der Waals surface area contributed by atoms with Gasteiger partial charge in [0.25, 0.3) is 0 Å². The van der Waals surface area contributed by atoms with E-state index in [0.717, 1.165) is 52.9 Å². The van der Waals surface area contributed by atoms with Crippen molar-refractivity contribution in [3.05, 3.63) is 47.0 Å². The summed E-state index contributed by atoms with van der Waals surface area (Å²) in [5, 5.41) is 0.947. The van der Waals surface area contributed by atoms with Gasteiger partial charge in [0.15, 0.2) is 0 Å². The molecule has 2 N–H and O–H groups in total. The first-order chi connectivity index (χ1) is 12.6. The Labute approximate surface area is 172 Å². The lowest BCUT2D eigenvalue weighted by Gasteiger charge is -2.37. The summed E-state index contributed by atoms with van der Waals surface area (Å²) >= 11 is 1.51. The third kappa shape index (κ3) is 4.60. The van der Waals surface area contributed by atoms with Crippen molar-refractivity contribution in [1.29, 1.82) is 0 Å². The molecule has 1 fully saturated rings. The fourth-order valence-electron chi connectivity index (χ4n) is 3.14. The van der Waals surface area contributed by atoms with Crippen LogP contribution in [0.2, 0.25) is 0 Å². The molecule has 9 heteroatoms. The zero-order valence-corrected chi connectivity index (χ0v) is 17.5. The molecule has 144 valence electrons. The number of halogens is 2. The monoisotopic (exact) mass is 452 g/mol. The van der Waals surface area contributed by atoms with E-state index in [-0.39, 0.29) is 29.0 Å². The summed E-state index contributed by atoms with van der Waals surface area (Å²) in [7, 11) is 0. The van der Waals surface area contributed by atoms with Gasteiger partial charge in [-0.3, -0.25) is 4.90 Å². The predicted octanol–water partition coefficient (Wildman–Crippen LogP) is 2.76. The van der Waals surface area contributed by atoms with Crippen molar-refractivity contribution in [3.8, 4) is 0 Å². The zero-order chi connectivity index (χ0) is 18.1. The molecule has 1 aliphatic heterocycles. The number of nitrogens with zero attached hydrogens (tertiary/aromatic N) is 5. The van der Waals surface area contributed by atoms with Gasteiger partial charge in [-0.1, -0.05) is 0 Å². The number of benzene rings is 1. The summed E-state index contributed by atoms with van der Waals surface area (Å²) in [6.45, 7) is 5.40. The average molecular weight is 453 g/mol. The van der Waals surface area contributed by atoms with Gasteiger partial charge in [0.05, 0.1) is 21.4 Å². The first kappa shape index (κ1) is 20.1. The van der Waals surface area contributed by atoms with Crippen molar-refractivity contribution < 1.29 is 4.39 Å². The second-order valence-corrected chi connectivity index (χ2v) is 7.69. The molecule has 3 heterocycles. The zero-order valence-electron chi connectivity index (χ0n) is 15.0. The lowest BCUT2D eigenvalue weighted by Crippen LogP contribution is -2.54. The number of thiazole rings is 1. The van der Waals surface area contributed by atoms with Gasteiger partial charge < -0.3 is 10.6 Å². The third-order valence-corrected chi connectivity index (χ3v) is 5.65. The molecule has 1 aliphatic rings. The fraction of sp³-hybridized carbons (Fsp3) is 0.389. The van der Waals surface area contributed by atoms with Crippen LogP contribution >= 0.6 is 28.3 Å². The molecule has 6 nitrogen and oxygen atoms in total. The van der Waals surface area contributed by atoms with E-state index < -0.39 is 0 Å². The van der Waals surface area contributed by atoms with Crippen LogP contribution in [0.5, 0.6) is 0 Å². The Morgan fingerprint density at radius 3 is 2.59 bits per heavy atom. The number of nitrogens with two attached hydrogens (primary N) is 1. The molecule has 0 radical (unpaired) electrons. The van der Waals surface area contributed by atoms with Crippen molar-refractivity contribution in [1.82, 2.24) is 19.9 Å². The Morgan fingerprint density at radius 1 is 1.19 bits per heavy atom. The minimum absolute atomic E-state index is 0. The summed E-state index contributed by atoms with van der Waals surface area (Å²) in [5.74, 6) is 0.545. The molecule has 1 saturated heterocycles. The Bertz CT molecular complexity index is 895. The summed E-state index contributed by atoms with van der Waals surface area (Å²) in [4.78, 5) is 17.8. The van der Waals surface area contributed by atoms with Gasteiger partial charge in [-0.05, 0) is 30.7 Å². The van der Waals surface area contributed by atoms with Gasteiger partial charge in [-0.2, -0.15) is 0 Å². The molecule has 0 spiro atoms. The molecule has 27 heavy (non-hydrogen) atoms. The molecule has 1 aromatic carbocycles. The highest BCUT2D eigenvalue weighted by Crippen LogP contribution is 2.24. The van der Waals surface area contributed by atoms with Gasteiger partial charge in [0.2, 0.25) is 5.95 Å². The summed E-state index contributed by atoms with van der Waals surface area (Å²) < 4.78 is 14.2. The van der Waals surface area contributed by atoms with E-state index in [1.54, 1.807) is 6.07 Å². The van der Waals surface area contributed by atoms with Crippen LogP contribution in [0.15, 0.2) is 30.6 Å². The normalized spacial score (nSPS) is 16.3. The first-order valence-corrected chi connectivity index (χ1v) is 9.48. The van der Waals surface area contributed by atoms with Crippen LogP contribution < -0.4 is 10.6 Å². The minimum Gasteiger partial charge on any atom is -0.338 e. The van der Waals surface area contributed by atoms with Gasteiger partial charge in [-0.15, -0.1) is 28.3 Å². The molecule has 1 unspecified atom stereocenters. The van der Waals surface area contributed by atoms with E-state index in [4.69, 9.17) is 5.73 Å². The number of aromatic nitrogens is 3. The Kier molecular flexibility index (Phi) is 6.36. The summed E-state index contributed by atoms with van der Waals surface area (Å²) in [6, 6.07) is 4.69. The van der Waals surface area contributed by atoms with Crippen molar-refractivity contribution >= 4 is 44.5 Å². The van der Waals surface area contributed by atoms with E-state index >= 15 is 0 Å². The van der Waals surface area contributed by atoms with E-state index in [1.165, 1.54) is 23.5 Å². The highest BCUT2D eigenvalue weighted by molar-refractivity contribution is 8.93. The van der Waals surface area contributed by atoms with Crippen LogP contribution in [-0.2, 0) is 6.42 Å².